The molecule has 3 heterocycles. The first-order valence-electron chi connectivity index (χ1n) is 9.09. The van der Waals surface area contributed by atoms with Gasteiger partial charge in [-0.2, -0.15) is 18.3 Å². The molecule has 0 aliphatic heterocycles. The zero-order valence-electron chi connectivity index (χ0n) is 16.4. The highest BCUT2D eigenvalue weighted by molar-refractivity contribution is 7.13. The van der Waals surface area contributed by atoms with Crippen molar-refractivity contribution in [2.75, 3.05) is 5.32 Å². The normalized spacial score (nSPS) is 11.9. The first-order chi connectivity index (χ1) is 15.5. The number of carbonyl (C=O) groups is 1. The Hall–Kier alpha value is -3.48. The van der Waals surface area contributed by atoms with Gasteiger partial charge in [0.1, 0.15) is 17.8 Å². The standard InChI is InChI=1S/C20H11F7N4OS/c1-8-12-9(10-3-2-6-33-10)4-5-28-19(12)31(30-8)7-11(32)29-18-16(23)14(21)13(20(25,26)27)15(22)17(18)24/h2-6H,7H2,1H3,(H,29,32). The molecule has 13 heteroatoms. The maximum Gasteiger partial charge on any atom is 0.422 e. The van der Waals surface area contributed by atoms with Gasteiger partial charge in [-0.15, -0.1) is 11.3 Å². The maximum absolute atomic E-state index is 14.1. The lowest BCUT2D eigenvalue weighted by atomic mass is 10.1. The first kappa shape index (κ1) is 22.7. The minimum atomic E-state index is -5.68. The Balaban J connectivity index is 1.68. The van der Waals surface area contributed by atoms with E-state index in [-0.39, 0.29) is 5.65 Å². The van der Waals surface area contributed by atoms with Crippen molar-refractivity contribution in [3.8, 4) is 10.4 Å². The van der Waals surface area contributed by atoms with E-state index in [1.165, 1.54) is 17.5 Å². The molecule has 3 aromatic heterocycles. The fourth-order valence-corrected chi connectivity index (χ4v) is 4.09. The van der Waals surface area contributed by atoms with Crippen LogP contribution in [-0.2, 0) is 17.5 Å². The van der Waals surface area contributed by atoms with Crippen LogP contribution in [0.2, 0.25) is 0 Å². The zero-order valence-corrected chi connectivity index (χ0v) is 17.2. The minimum Gasteiger partial charge on any atom is -0.319 e. The molecule has 5 nitrogen and oxygen atoms in total. The highest BCUT2D eigenvalue weighted by Gasteiger charge is 2.42. The predicted molar refractivity (Wildman–Crippen MR) is 105 cm³/mol. The van der Waals surface area contributed by atoms with E-state index < -0.39 is 53.1 Å². The number of anilines is 1. The summed E-state index contributed by atoms with van der Waals surface area (Å²) in [6.07, 6.45) is -4.22. The second-order valence-corrected chi connectivity index (χ2v) is 7.78. The minimum absolute atomic E-state index is 0.249. The molecule has 0 unspecified atom stereocenters. The van der Waals surface area contributed by atoms with E-state index in [1.807, 2.05) is 17.5 Å². The molecular formula is C20H11F7N4OS. The smallest absolute Gasteiger partial charge is 0.319 e. The van der Waals surface area contributed by atoms with Crippen LogP contribution >= 0.6 is 11.3 Å². The third-order valence-corrected chi connectivity index (χ3v) is 5.60. The number of benzene rings is 1. The van der Waals surface area contributed by atoms with Gasteiger partial charge >= 0.3 is 6.18 Å². The summed E-state index contributed by atoms with van der Waals surface area (Å²) >= 11 is 1.45. The molecule has 1 amide bonds. The second kappa shape index (κ2) is 8.14. The van der Waals surface area contributed by atoms with E-state index in [0.717, 1.165) is 15.1 Å². The molecule has 33 heavy (non-hydrogen) atoms. The quantitative estimate of drug-likeness (QED) is 0.297. The Bertz CT molecular complexity index is 1350. The van der Waals surface area contributed by atoms with Gasteiger partial charge in [0.25, 0.3) is 0 Å². The highest BCUT2D eigenvalue weighted by Crippen LogP contribution is 2.38. The highest BCUT2D eigenvalue weighted by atomic mass is 32.1. The molecule has 0 saturated carbocycles. The van der Waals surface area contributed by atoms with Crippen LogP contribution in [0.3, 0.4) is 0 Å². The monoisotopic (exact) mass is 488 g/mol. The third-order valence-electron chi connectivity index (χ3n) is 4.70. The number of nitrogens with one attached hydrogen (secondary N) is 1. The van der Waals surface area contributed by atoms with Crippen molar-refractivity contribution in [3.63, 3.8) is 0 Å². The van der Waals surface area contributed by atoms with Crippen LogP contribution in [0.15, 0.2) is 29.8 Å². The number of carbonyl (C=O) groups excluding carboxylic acids is 1. The molecular weight excluding hydrogens is 477 g/mol. The molecule has 4 aromatic rings. The fraction of sp³-hybridized carbons (Fsp3) is 0.150. The topological polar surface area (TPSA) is 59.8 Å². The lowest BCUT2D eigenvalue weighted by Crippen LogP contribution is -2.23. The van der Waals surface area contributed by atoms with Gasteiger partial charge in [-0.1, -0.05) is 6.07 Å². The summed E-state index contributed by atoms with van der Waals surface area (Å²) in [4.78, 5) is 17.4. The lowest BCUT2D eigenvalue weighted by Gasteiger charge is -2.14. The molecule has 0 fully saturated rings. The largest absolute Gasteiger partial charge is 0.422 e. The summed E-state index contributed by atoms with van der Waals surface area (Å²) in [7, 11) is 0. The summed E-state index contributed by atoms with van der Waals surface area (Å²) in [6, 6.07) is 5.44. The number of nitrogens with zero attached hydrogens (tertiary/aromatic N) is 3. The number of fused-ring (bicyclic) bond motifs is 1. The van der Waals surface area contributed by atoms with Crippen LogP contribution in [0.25, 0.3) is 21.5 Å². The van der Waals surface area contributed by atoms with Gasteiger partial charge in [0.05, 0.1) is 11.1 Å². The first-order valence-corrected chi connectivity index (χ1v) is 9.97. The summed E-state index contributed by atoms with van der Waals surface area (Å²) < 4.78 is 95.0. The second-order valence-electron chi connectivity index (χ2n) is 6.83. The number of pyridine rings is 1. The summed E-state index contributed by atoms with van der Waals surface area (Å²) in [5, 5.41) is 8.23. The molecule has 1 aromatic carbocycles. The van der Waals surface area contributed by atoms with Gasteiger partial charge in [0.15, 0.2) is 28.9 Å². The Morgan fingerprint density at radius 1 is 1.09 bits per heavy atom. The Labute approximate surface area is 184 Å². The zero-order chi connectivity index (χ0) is 24.1. The average molecular weight is 488 g/mol. The van der Waals surface area contributed by atoms with Crippen molar-refractivity contribution in [1.29, 1.82) is 0 Å². The van der Waals surface area contributed by atoms with Gasteiger partial charge in [0, 0.05) is 16.6 Å². The number of thiophene rings is 1. The van der Waals surface area contributed by atoms with Crippen molar-refractivity contribution in [1.82, 2.24) is 14.8 Å². The molecule has 0 spiro atoms. The number of amides is 1. The van der Waals surface area contributed by atoms with Crippen LogP contribution in [0.1, 0.15) is 11.3 Å². The van der Waals surface area contributed by atoms with E-state index in [9.17, 15) is 35.5 Å². The lowest BCUT2D eigenvalue weighted by molar-refractivity contribution is -0.143. The van der Waals surface area contributed by atoms with E-state index in [0.29, 0.717) is 11.1 Å². The number of hydrogen-bond acceptors (Lipinski definition) is 4. The van der Waals surface area contributed by atoms with Crippen molar-refractivity contribution >= 4 is 34.0 Å². The number of halogens is 7. The number of aromatic nitrogens is 3. The third kappa shape index (κ3) is 3.92. The summed E-state index contributed by atoms with van der Waals surface area (Å²) in [6.45, 7) is 0.962. The predicted octanol–water partition coefficient (Wildman–Crippen LogP) is 5.68. The SMILES string of the molecule is Cc1nn(CC(=O)Nc2c(F)c(F)c(C(F)(F)F)c(F)c2F)c2nccc(-c3cccs3)c12. The maximum atomic E-state index is 14.1. The van der Waals surface area contributed by atoms with Crippen molar-refractivity contribution in [3.05, 3.63) is 64.3 Å². The van der Waals surface area contributed by atoms with E-state index in [2.05, 4.69) is 10.1 Å². The average Bonchev–Trinajstić information content (AvgIpc) is 3.38. The molecule has 0 bridgehead atoms. The van der Waals surface area contributed by atoms with Gasteiger partial charge in [-0.3, -0.25) is 4.79 Å². The Morgan fingerprint density at radius 2 is 1.76 bits per heavy atom. The summed E-state index contributed by atoms with van der Waals surface area (Å²) in [5.41, 5.74) is -2.89. The summed E-state index contributed by atoms with van der Waals surface area (Å²) in [5.74, 6) is -11.3. The Kier molecular flexibility index (Phi) is 5.60. The number of rotatable bonds is 4. The molecule has 1 N–H and O–H groups in total. The molecule has 0 radical (unpaired) electrons. The van der Waals surface area contributed by atoms with Crippen molar-refractivity contribution in [2.24, 2.45) is 0 Å². The van der Waals surface area contributed by atoms with Crippen LogP contribution in [-0.4, -0.2) is 20.7 Å². The van der Waals surface area contributed by atoms with Gasteiger partial charge in [0.2, 0.25) is 5.91 Å². The molecule has 0 saturated heterocycles. The van der Waals surface area contributed by atoms with E-state index >= 15 is 0 Å². The molecule has 4 rings (SSSR count). The van der Waals surface area contributed by atoms with E-state index in [1.54, 1.807) is 18.3 Å². The van der Waals surface area contributed by atoms with Gasteiger partial charge < -0.3 is 5.32 Å². The van der Waals surface area contributed by atoms with Crippen LogP contribution in [0.5, 0.6) is 0 Å². The Morgan fingerprint density at radius 3 is 2.33 bits per heavy atom. The molecule has 0 aliphatic rings. The molecule has 0 atom stereocenters. The molecule has 172 valence electrons. The number of hydrogen-bond donors (Lipinski definition) is 1. The van der Waals surface area contributed by atoms with E-state index in [4.69, 9.17) is 0 Å². The van der Waals surface area contributed by atoms with Gasteiger partial charge in [-0.25, -0.2) is 27.2 Å². The van der Waals surface area contributed by atoms with Crippen LogP contribution in [0.4, 0.5) is 36.4 Å². The number of alkyl halides is 3. The van der Waals surface area contributed by atoms with Crippen molar-refractivity contribution in [2.45, 2.75) is 19.6 Å². The van der Waals surface area contributed by atoms with Crippen LogP contribution < -0.4 is 5.32 Å². The number of aryl methyl sites for hydroxylation is 1. The fourth-order valence-electron chi connectivity index (χ4n) is 3.33. The van der Waals surface area contributed by atoms with Gasteiger partial charge in [-0.05, 0) is 24.4 Å². The van der Waals surface area contributed by atoms with Crippen LogP contribution in [0, 0.1) is 30.2 Å². The molecule has 0 aliphatic carbocycles. The van der Waals surface area contributed by atoms with Crippen molar-refractivity contribution < 1.29 is 35.5 Å².